The van der Waals surface area contributed by atoms with Gasteiger partial charge in [-0.2, -0.15) is 0 Å². The van der Waals surface area contributed by atoms with Crippen molar-refractivity contribution in [1.29, 1.82) is 0 Å². The molecule has 82 valence electrons. The van der Waals surface area contributed by atoms with Gasteiger partial charge < -0.3 is 4.84 Å². The highest BCUT2D eigenvalue weighted by molar-refractivity contribution is 5.69. The average molecular weight is 208 g/mol. The first-order valence-electron chi connectivity index (χ1n) is 5.00. The molecule has 0 aromatic carbocycles. The molecular weight excluding hydrogens is 192 g/mol. The van der Waals surface area contributed by atoms with Gasteiger partial charge in [0.2, 0.25) is 0 Å². The van der Waals surface area contributed by atoms with Crippen molar-refractivity contribution in [3.05, 3.63) is 30.1 Å². The molecule has 1 aromatic heterocycles. The van der Waals surface area contributed by atoms with Crippen LogP contribution < -0.4 is 5.48 Å². The molecule has 0 spiro atoms. The minimum Gasteiger partial charge on any atom is -0.370 e. The summed E-state index contributed by atoms with van der Waals surface area (Å²) in [5.41, 5.74) is 3.60. The summed E-state index contributed by atoms with van der Waals surface area (Å²) in [6.07, 6.45) is 3.86. The minimum absolute atomic E-state index is 0.228. The Bertz CT molecular complexity index is 299. The van der Waals surface area contributed by atoms with Crippen LogP contribution in [0.5, 0.6) is 0 Å². The molecule has 0 fully saturated rings. The largest absolute Gasteiger partial charge is 0.370 e. The quantitative estimate of drug-likeness (QED) is 0.748. The molecule has 1 N–H and O–H groups in total. The van der Waals surface area contributed by atoms with Gasteiger partial charge in [-0.15, -0.1) is 5.48 Å². The summed E-state index contributed by atoms with van der Waals surface area (Å²) in [5, 5.41) is 0. The van der Waals surface area contributed by atoms with E-state index in [1.54, 1.807) is 12.4 Å². The van der Waals surface area contributed by atoms with Gasteiger partial charge in [-0.3, -0.25) is 9.78 Å². The first-order valence-corrected chi connectivity index (χ1v) is 5.00. The maximum Gasteiger partial charge on any atom is 0.325 e. The Morgan fingerprint density at radius 3 is 3.00 bits per heavy atom. The van der Waals surface area contributed by atoms with E-state index in [1.807, 2.05) is 26.0 Å². The lowest BCUT2D eigenvalue weighted by Gasteiger charge is -2.06. The van der Waals surface area contributed by atoms with Crippen molar-refractivity contribution < 1.29 is 9.63 Å². The fourth-order valence-corrected chi connectivity index (χ4v) is 1.08. The normalized spacial score (nSPS) is 10.3. The third kappa shape index (κ3) is 5.12. The number of carbonyl (C=O) groups excluding carboxylic acids is 1. The summed E-state index contributed by atoms with van der Waals surface area (Å²) in [5.74, 6) is 0.0894. The van der Waals surface area contributed by atoms with Gasteiger partial charge in [0.25, 0.3) is 0 Å². The molecule has 0 amide bonds. The van der Waals surface area contributed by atoms with Crippen LogP contribution in [0.25, 0.3) is 0 Å². The lowest BCUT2D eigenvalue weighted by molar-refractivity contribution is -0.152. The van der Waals surface area contributed by atoms with Crippen LogP contribution in [-0.4, -0.2) is 11.0 Å². The second-order valence-electron chi connectivity index (χ2n) is 3.75. The predicted molar refractivity (Wildman–Crippen MR) is 56.6 cm³/mol. The lowest BCUT2D eigenvalue weighted by atomic mass is 10.1. The molecule has 1 aromatic rings. The topological polar surface area (TPSA) is 51.2 Å². The zero-order valence-corrected chi connectivity index (χ0v) is 9.06. The smallest absolute Gasteiger partial charge is 0.325 e. The van der Waals surface area contributed by atoms with Gasteiger partial charge in [-0.05, 0) is 17.5 Å². The van der Waals surface area contributed by atoms with Gasteiger partial charge in [0.05, 0.1) is 6.54 Å². The predicted octanol–water partition coefficient (Wildman–Crippen LogP) is 1.68. The maximum atomic E-state index is 11.1. The molecule has 0 saturated heterocycles. The standard InChI is InChI=1S/C11H16N2O2/c1-9(2)6-11(14)15-13-8-10-4-3-5-12-7-10/h3-5,7,9,13H,6,8H2,1-2H3. The van der Waals surface area contributed by atoms with Crippen molar-refractivity contribution >= 4 is 5.97 Å². The Labute approximate surface area is 89.6 Å². The van der Waals surface area contributed by atoms with Crippen LogP contribution in [0.1, 0.15) is 25.8 Å². The van der Waals surface area contributed by atoms with E-state index in [0.717, 1.165) is 5.56 Å². The lowest BCUT2D eigenvalue weighted by Crippen LogP contribution is -2.20. The van der Waals surface area contributed by atoms with E-state index in [-0.39, 0.29) is 5.97 Å². The number of hydrogen-bond acceptors (Lipinski definition) is 4. The number of nitrogens with zero attached hydrogens (tertiary/aromatic N) is 1. The van der Waals surface area contributed by atoms with E-state index in [4.69, 9.17) is 4.84 Å². The molecular formula is C11H16N2O2. The summed E-state index contributed by atoms with van der Waals surface area (Å²) in [6, 6.07) is 3.75. The highest BCUT2D eigenvalue weighted by Gasteiger charge is 2.05. The zero-order valence-electron chi connectivity index (χ0n) is 9.06. The highest BCUT2D eigenvalue weighted by Crippen LogP contribution is 2.00. The second-order valence-corrected chi connectivity index (χ2v) is 3.75. The Morgan fingerprint density at radius 1 is 1.60 bits per heavy atom. The fraction of sp³-hybridized carbons (Fsp3) is 0.455. The number of hydroxylamine groups is 1. The maximum absolute atomic E-state index is 11.1. The van der Waals surface area contributed by atoms with Gasteiger partial charge in [0.1, 0.15) is 0 Å². The van der Waals surface area contributed by atoms with Crippen LogP contribution in [0, 0.1) is 5.92 Å². The van der Waals surface area contributed by atoms with E-state index in [0.29, 0.717) is 18.9 Å². The fourth-order valence-electron chi connectivity index (χ4n) is 1.08. The Hall–Kier alpha value is -1.42. The van der Waals surface area contributed by atoms with E-state index in [2.05, 4.69) is 10.5 Å². The molecule has 1 heterocycles. The van der Waals surface area contributed by atoms with E-state index in [9.17, 15) is 4.79 Å². The van der Waals surface area contributed by atoms with Crippen LogP contribution in [0.2, 0.25) is 0 Å². The summed E-state index contributed by atoms with van der Waals surface area (Å²) in [7, 11) is 0. The number of nitrogens with one attached hydrogen (secondary N) is 1. The highest BCUT2D eigenvalue weighted by atomic mass is 16.7. The third-order valence-corrected chi connectivity index (χ3v) is 1.76. The van der Waals surface area contributed by atoms with Gasteiger partial charge in [0, 0.05) is 18.8 Å². The summed E-state index contributed by atoms with van der Waals surface area (Å²) >= 11 is 0. The number of carbonyl (C=O) groups is 1. The molecule has 0 saturated carbocycles. The summed E-state index contributed by atoms with van der Waals surface area (Å²) in [4.78, 5) is 19.9. The zero-order chi connectivity index (χ0) is 11.1. The SMILES string of the molecule is CC(C)CC(=O)ONCc1cccnc1. The molecule has 0 aliphatic heterocycles. The molecule has 4 nitrogen and oxygen atoms in total. The van der Waals surface area contributed by atoms with Crippen LogP contribution in [-0.2, 0) is 16.2 Å². The van der Waals surface area contributed by atoms with Gasteiger partial charge in [-0.25, -0.2) is 0 Å². The second kappa shape index (κ2) is 6.14. The van der Waals surface area contributed by atoms with Gasteiger partial charge in [-0.1, -0.05) is 19.9 Å². The van der Waals surface area contributed by atoms with Crippen molar-refractivity contribution in [3.63, 3.8) is 0 Å². The van der Waals surface area contributed by atoms with Crippen molar-refractivity contribution in [1.82, 2.24) is 10.5 Å². The first kappa shape index (κ1) is 11.7. The van der Waals surface area contributed by atoms with Crippen LogP contribution in [0.4, 0.5) is 0 Å². The molecule has 0 aliphatic carbocycles. The first-order chi connectivity index (χ1) is 7.18. The van der Waals surface area contributed by atoms with Crippen molar-refractivity contribution in [2.24, 2.45) is 5.92 Å². The average Bonchev–Trinajstić information content (AvgIpc) is 2.18. The van der Waals surface area contributed by atoms with Crippen LogP contribution in [0.15, 0.2) is 24.5 Å². The number of pyridine rings is 1. The number of rotatable bonds is 5. The molecule has 1 rings (SSSR count). The van der Waals surface area contributed by atoms with Gasteiger partial charge in [0.15, 0.2) is 0 Å². The molecule has 0 atom stereocenters. The van der Waals surface area contributed by atoms with Crippen molar-refractivity contribution in [2.45, 2.75) is 26.8 Å². The molecule has 0 unspecified atom stereocenters. The van der Waals surface area contributed by atoms with Crippen LogP contribution >= 0.6 is 0 Å². The monoisotopic (exact) mass is 208 g/mol. The van der Waals surface area contributed by atoms with Gasteiger partial charge >= 0.3 is 5.97 Å². The number of hydrogen-bond donors (Lipinski definition) is 1. The Balaban J connectivity index is 2.19. The van der Waals surface area contributed by atoms with Crippen molar-refractivity contribution in [2.75, 3.05) is 0 Å². The molecule has 15 heavy (non-hydrogen) atoms. The van der Waals surface area contributed by atoms with E-state index >= 15 is 0 Å². The molecule has 0 bridgehead atoms. The van der Waals surface area contributed by atoms with E-state index < -0.39 is 0 Å². The molecule has 4 heteroatoms. The van der Waals surface area contributed by atoms with Crippen LogP contribution in [0.3, 0.4) is 0 Å². The summed E-state index contributed by atoms with van der Waals surface area (Å²) in [6.45, 7) is 4.43. The Morgan fingerprint density at radius 2 is 2.40 bits per heavy atom. The number of aromatic nitrogens is 1. The van der Waals surface area contributed by atoms with Crippen molar-refractivity contribution in [3.8, 4) is 0 Å². The Kier molecular flexibility index (Phi) is 4.77. The molecule has 0 aliphatic rings. The van der Waals surface area contributed by atoms with E-state index in [1.165, 1.54) is 0 Å². The summed E-state index contributed by atoms with van der Waals surface area (Å²) < 4.78 is 0. The molecule has 0 radical (unpaired) electrons. The third-order valence-electron chi connectivity index (χ3n) is 1.76. The minimum atomic E-state index is -0.228.